The van der Waals surface area contributed by atoms with Crippen molar-refractivity contribution < 1.29 is 4.79 Å². The summed E-state index contributed by atoms with van der Waals surface area (Å²) >= 11 is 0. The molecule has 1 saturated heterocycles. The number of aliphatic imine (C=N–C) groups is 1. The van der Waals surface area contributed by atoms with Crippen molar-refractivity contribution in [3.05, 3.63) is 35.4 Å². The molecular formula is C21H34N4O. The van der Waals surface area contributed by atoms with E-state index in [1.807, 2.05) is 17.0 Å². The van der Waals surface area contributed by atoms with E-state index in [2.05, 4.69) is 36.6 Å². The molecule has 1 fully saturated rings. The molecule has 0 aromatic heterocycles. The van der Waals surface area contributed by atoms with Crippen LogP contribution in [0.5, 0.6) is 0 Å². The average molecular weight is 359 g/mol. The number of hydrogen-bond donors (Lipinski definition) is 2. The second-order valence-corrected chi connectivity index (χ2v) is 6.87. The smallest absolute Gasteiger partial charge is 0.222 e. The molecule has 1 aromatic carbocycles. The lowest BCUT2D eigenvalue weighted by molar-refractivity contribution is -0.128. The summed E-state index contributed by atoms with van der Waals surface area (Å²) in [5.74, 6) is 1.14. The molecule has 0 bridgehead atoms. The zero-order valence-electron chi connectivity index (χ0n) is 16.4. The maximum Gasteiger partial charge on any atom is 0.222 e. The van der Waals surface area contributed by atoms with E-state index in [1.165, 1.54) is 36.8 Å². The Balaban J connectivity index is 1.93. The average Bonchev–Trinajstić information content (AvgIpc) is 3.05. The van der Waals surface area contributed by atoms with Gasteiger partial charge in [-0.2, -0.15) is 0 Å². The van der Waals surface area contributed by atoms with Gasteiger partial charge in [-0.3, -0.25) is 4.79 Å². The highest BCUT2D eigenvalue weighted by Crippen LogP contribution is 2.17. The zero-order chi connectivity index (χ0) is 18.6. The number of amides is 1. The van der Waals surface area contributed by atoms with Gasteiger partial charge in [0, 0.05) is 32.6 Å². The Morgan fingerprint density at radius 3 is 2.62 bits per heavy atom. The Hall–Kier alpha value is -2.04. The minimum atomic E-state index is 0.269. The van der Waals surface area contributed by atoms with E-state index in [-0.39, 0.29) is 5.91 Å². The van der Waals surface area contributed by atoms with Gasteiger partial charge >= 0.3 is 0 Å². The Morgan fingerprint density at radius 2 is 1.92 bits per heavy atom. The van der Waals surface area contributed by atoms with Crippen LogP contribution in [0.15, 0.2) is 29.3 Å². The lowest BCUT2D eigenvalue weighted by atomic mass is 10.1. The third kappa shape index (κ3) is 6.70. The van der Waals surface area contributed by atoms with Crippen LogP contribution in [0.1, 0.15) is 63.5 Å². The Morgan fingerprint density at radius 1 is 1.12 bits per heavy atom. The molecule has 2 N–H and O–H groups in total. The molecule has 2 rings (SSSR count). The number of rotatable bonds is 10. The van der Waals surface area contributed by atoms with Crippen LogP contribution in [0.3, 0.4) is 0 Å². The summed E-state index contributed by atoms with van der Waals surface area (Å²) in [6.07, 6.45) is 6.64. The van der Waals surface area contributed by atoms with Gasteiger partial charge < -0.3 is 15.5 Å². The van der Waals surface area contributed by atoms with E-state index in [0.29, 0.717) is 19.5 Å². The number of unbranched alkanes of at least 4 members (excludes halogenated alkanes) is 3. The maximum absolute atomic E-state index is 11.9. The predicted octanol–water partition coefficient (Wildman–Crippen LogP) is 3.44. The minimum absolute atomic E-state index is 0.269. The number of benzene rings is 1. The molecule has 0 saturated carbocycles. The summed E-state index contributed by atoms with van der Waals surface area (Å²) in [6, 6.07) is 8.32. The molecule has 0 spiro atoms. The van der Waals surface area contributed by atoms with Crippen LogP contribution in [-0.2, 0) is 17.9 Å². The van der Waals surface area contributed by atoms with Gasteiger partial charge in [0.25, 0.3) is 0 Å². The molecule has 1 aromatic rings. The molecule has 1 aliphatic heterocycles. The third-order valence-corrected chi connectivity index (χ3v) is 4.73. The number of guanidine groups is 1. The van der Waals surface area contributed by atoms with E-state index in [4.69, 9.17) is 4.99 Å². The number of nitrogens with one attached hydrogen (secondary N) is 2. The number of carbonyl (C=O) groups is 1. The number of carbonyl (C=O) groups excluding carboxylic acids is 1. The molecule has 5 nitrogen and oxygen atoms in total. The third-order valence-electron chi connectivity index (χ3n) is 4.73. The standard InChI is InChI=1S/C21H34N4O/c1-3-5-6-9-14-23-21(22-4-2)24-16-18-11-7-8-12-19(18)17-25-15-10-13-20(25)26/h7-8,11-12H,3-6,9-10,13-17H2,1-2H3,(H2,22,23,24). The van der Waals surface area contributed by atoms with Gasteiger partial charge in [0.1, 0.15) is 0 Å². The first-order chi connectivity index (χ1) is 12.7. The molecule has 1 amide bonds. The molecule has 0 aliphatic carbocycles. The van der Waals surface area contributed by atoms with Crippen LogP contribution in [0.2, 0.25) is 0 Å². The second kappa shape index (κ2) is 11.6. The van der Waals surface area contributed by atoms with Gasteiger partial charge in [-0.1, -0.05) is 50.5 Å². The van der Waals surface area contributed by atoms with Crippen molar-refractivity contribution in [2.45, 2.75) is 65.5 Å². The van der Waals surface area contributed by atoms with Crippen molar-refractivity contribution in [1.29, 1.82) is 0 Å². The van der Waals surface area contributed by atoms with E-state index in [1.54, 1.807) is 0 Å². The Labute approximate surface area is 158 Å². The summed E-state index contributed by atoms with van der Waals surface area (Å²) in [7, 11) is 0. The summed E-state index contributed by atoms with van der Waals surface area (Å²) in [5, 5.41) is 6.74. The summed E-state index contributed by atoms with van der Waals surface area (Å²) < 4.78 is 0. The van der Waals surface area contributed by atoms with Crippen LogP contribution < -0.4 is 10.6 Å². The summed E-state index contributed by atoms with van der Waals surface area (Å²) in [6.45, 7) is 8.32. The van der Waals surface area contributed by atoms with Gasteiger partial charge in [0.05, 0.1) is 6.54 Å². The van der Waals surface area contributed by atoms with Crippen LogP contribution >= 0.6 is 0 Å². The first-order valence-corrected chi connectivity index (χ1v) is 10.1. The normalized spacial score (nSPS) is 14.8. The lowest BCUT2D eigenvalue weighted by Crippen LogP contribution is -2.37. The number of hydrogen-bond acceptors (Lipinski definition) is 2. The first-order valence-electron chi connectivity index (χ1n) is 10.1. The Kier molecular flexibility index (Phi) is 9.01. The van der Waals surface area contributed by atoms with Crippen molar-refractivity contribution in [3.63, 3.8) is 0 Å². The number of nitrogens with zero attached hydrogens (tertiary/aromatic N) is 2. The quantitative estimate of drug-likeness (QED) is 0.383. The first kappa shape index (κ1) is 20.3. The summed E-state index contributed by atoms with van der Waals surface area (Å²) in [4.78, 5) is 18.6. The van der Waals surface area contributed by atoms with Crippen molar-refractivity contribution in [2.24, 2.45) is 4.99 Å². The molecular weight excluding hydrogens is 324 g/mol. The van der Waals surface area contributed by atoms with E-state index < -0.39 is 0 Å². The van der Waals surface area contributed by atoms with Crippen molar-refractivity contribution in [3.8, 4) is 0 Å². The van der Waals surface area contributed by atoms with Crippen LogP contribution in [-0.4, -0.2) is 36.4 Å². The van der Waals surface area contributed by atoms with E-state index in [9.17, 15) is 4.79 Å². The molecule has 0 atom stereocenters. The van der Waals surface area contributed by atoms with Crippen LogP contribution in [0.4, 0.5) is 0 Å². The minimum Gasteiger partial charge on any atom is -0.357 e. The highest BCUT2D eigenvalue weighted by atomic mass is 16.2. The summed E-state index contributed by atoms with van der Waals surface area (Å²) in [5.41, 5.74) is 2.39. The van der Waals surface area contributed by atoms with Gasteiger partial charge in [-0.15, -0.1) is 0 Å². The van der Waals surface area contributed by atoms with Crippen molar-refractivity contribution in [2.75, 3.05) is 19.6 Å². The van der Waals surface area contributed by atoms with Gasteiger partial charge in [-0.25, -0.2) is 4.99 Å². The fourth-order valence-corrected chi connectivity index (χ4v) is 3.21. The fraction of sp³-hybridized carbons (Fsp3) is 0.619. The van der Waals surface area contributed by atoms with E-state index >= 15 is 0 Å². The maximum atomic E-state index is 11.9. The fourth-order valence-electron chi connectivity index (χ4n) is 3.21. The molecule has 0 radical (unpaired) electrons. The molecule has 5 heteroatoms. The Bertz CT molecular complexity index is 585. The van der Waals surface area contributed by atoms with Crippen molar-refractivity contribution in [1.82, 2.24) is 15.5 Å². The highest BCUT2D eigenvalue weighted by Gasteiger charge is 2.20. The molecule has 26 heavy (non-hydrogen) atoms. The van der Waals surface area contributed by atoms with E-state index in [0.717, 1.165) is 32.0 Å². The highest BCUT2D eigenvalue weighted by molar-refractivity contribution is 5.79. The van der Waals surface area contributed by atoms with Gasteiger partial charge in [0.15, 0.2) is 5.96 Å². The molecule has 0 unspecified atom stereocenters. The second-order valence-electron chi connectivity index (χ2n) is 6.87. The monoisotopic (exact) mass is 358 g/mol. The van der Waals surface area contributed by atoms with Gasteiger partial charge in [-0.05, 0) is 30.9 Å². The predicted molar refractivity (Wildman–Crippen MR) is 108 cm³/mol. The largest absolute Gasteiger partial charge is 0.357 e. The topological polar surface area (TPSA) is 56.7 Å². The zero-order valence-corrected chi connectivity index (χ0v) is 16.4. The van der Waals surface area contributed by atoms with Crippen LogP contribution in [0, 0.1) is 0 Å². The molecule has 144 valence electrons. The van der Waals surface area contributed by atoms with Crippen molar-refractivity contribution >= 4 is 11.9 Å². The van der Waals surface area contributed by atoms with Gasteiger partial charge in [0.2, 0.25) is 5.91 Å². The number of likely N-dealkylation sites (tertiary alicyclic amines) is 1. The lowest BCUT2D eigenvalue weighted by Gasteiger charge is -2.18. The molecule has 1 aliphatic rings. The SMILES string of the molecule is CCCCCCNC(=NCc1ccccc1CN1CCCC1=O)NCC. The van der Waals surface area contributed by atoms with Crippen LogP contribution in [0.25, 0.3) is 0 Å². The molecule has 1 heterocycles.